The summed E-state index contributed by atoms with van der Waals surface area (Å²) in [7, 11) is 2.18. The maximum absolute atomic E-state index is 4.90. The van der Waals surface area contributed by atoms with Crippen molar-refractivity contribution in [2.24, 2.45) is 0 Å². The first-order valence-corrected chi connectivity index (χ1v) is 7.44. The lowest BCUT2D eigenvalue weighted by Gasteiger charge is -2.27. The normalized spacial score (nSPS) is 15.8. The molecule has 0 atom stereocenters. The van der Waals surface area contributed by atoms with Gasteiger partial charge in [0.2, 0.25) is 0 Å². The summed E-state index contributed by atoms with van der Waals surface area (Å²) in [6.07, 6.45) is 1.05. The van der Waals surface area contributed by atoms with Gasteiger partial charge in [0, 0.05) is 36.3 Å². The second-order valence-corrected chi connectivity index (χ2v) is 5.93. The number of rotatable bonds is 1. The number of thiol groups is 1. The highest BCUT2D eigenvalue weighted by Gasteiger charge is 2.20. The summed E-state index contributed by atoms with van der Waals surface area (Å²) in [5.41, 5.74) is 7.84. The van der Waals surface area contributed by atoms with Crippen LogP contribution in [0.4, 0.5) is 0 Å². The van der Waals surface area contributed by atoms with Crippen molar-refractivity contribution in [2.75, 3.05) is 13.6 Å². The molecule has 0 amide bonds. The molecular formula is C16H20N2S. The van der Waals surface area contributed by atoms with Crippen LogP contribution in [-0.2, 0) is 18.7 Å². The van der Waals surface area contributed by atoms with Crippen molar-refractivity contribution in [3.05, 3.63) is 40.1 Å². The van der Waals surface area contributed by atoms with Gasteiger partial charge < -0.3 is 4.90 Å². The zero-order chi connectivity index (χ0) is 13.6. The lowest BCUT2D eigenvalue weighted by molar-refractivity contribution is 0.309. The number of fused-ring (bicyclic) bond motifs is 2. The van der Waals surface area contributed by atoms with Crippen LogP contribution in [0.5, 0.6) is 0 Å². The maximum atomic E-state index is 4.90. The summed E-state index contributed by atoms with van der Waals surface area (Å²) < 4.78 is 0. The van der Waals surface area contributed by atoms with Gasteiger partial charge in [-0.2, -0.15) is 12.6 Å². The molecule has 2 aromatic rings. The van der Waals surface area contributed by atoms with Crippen LogP contribution in [0.1, 0.15) is 27.9 Å². The fourth-order valence-electron chi connectivity index (χ4n) is 2.90. The van der Waals surface area contributed by atoms with E-state index in [1.54, 1.807) is 0 Å². The largest absolute Gasteiger partial charge is 0.302 e. The first kappa shape index (κ1) is 12.9. The average molecular weight is 272 g/mol. The van der Waals surface area contributed by atoms with Crippen LogP contribution in [0.15, 0.2) is 12.1 Å². The Bertz CT molecular complexity index is 649. The fourth-order valence-corrected chi connectivity index (χ4v) is 3.27. The average Bonchev–Trinajstić information content (AvgIpc) is 2.38. The lowest BCUT2D eigenvalue weighted by atomic mass is 9.95. The van der Waals surface area contributed by atoms with E-state index in [4.69, 9.17) is 4.98 Å². The standard InChI is InChI=1S/C16H20N2S/c1-10-6-12-14(9-19)13-8-18(3)5-4-15(13)17-16(12)7-11(10)2/h6-7,19H,4-5,8-9H2,1-3H3. The van der Waals surface area contributed by atoms with Gasteiger partial charge in [-0.25, -0.2) is 0 Å². The minimum Gasteiger partial charge on any atom is -0.302 e. The summed E-state index contributed by atoms with van der Waals surface area (Å²) in [4.78, 5) is 7.27. The predicted octanol–water partition coefficient (Wildman–Crippen LogP) is 3.27. The second-order valence-electron chi connectivity index (χ2n) is 5.62. The topological polar surface area (TPSA) is 16.1 Å². The third kappa shape index (κ3) is 2.15. The molecule has 100 valence electrons. The van der Waals surface area contributed by atoms with Crippen molar-refractivity contribution in [3.63, 3.8) is 0 Å². The Kier molecular flexibility index (Phi) is 3.27. The number of hydrogen-bond acceptors (Lipinski definition) is 3. The number of likely N-dealkylation sites (N-methyl/N-ethyl adjacent to an activating group) is 1. The third-order valence-electron chi connectivity index (χ3n) is 4.22. The first-order valence-electron chi connectivity index (χ1n) is 6.81. The maximum Gasteiger partial charge on any atom is 0.0711 e. The van der Waals surface area contributed by atoms with E-state index in [-0.39, 0.29) is 0 Å². The fraction of sp³-hybridized carbons (Fsp3) is 0.438. The Hall–Kier alpha value is -1.06. The molecule has 1 aliphatic rings. The molecular weight excluding hydrogens is 252 g/mol. The molecule has 0 saturated carbocycles. The van der Waals surface area contributed by atoms with Crippen LogP contribution in [0.2, 0.25) is 0 Å². The minimum absolute atomic E-state index is 0.789. The summed E-state index contributed by atoms with van der Waals surface area (Å²) >= 11 is 4.56. The molecule has 0 aliphatic carbocycles. The van der Waals surface area contributed by atoms with E-state index >= 15 is 0 Å². The van der Waals surface area contributed by atoms with Gasteiger partial charge in [0.25, 0.3) is 0 Å². The SMILES string of the molecule is Cc1cc2nc3c(c(CS)c2cc1C)CN(C)CC3. The highest BCUT2D eigenvalue weighted by molar-refractivity contribution is 7.79. The van der Waals surface area contributed by atoms with Crippen LogP contribution >= 0.6 is 12.6 Å². The molecule has 1 aromatic heterocycles. The number of aryl methyl sites for hydroxylation is 2. The molecule has 0 spiro atoms. The van der Waals surface area contributed by atoms with Gasteiger partial charge in [-0.1, -0.05) is 0 Å². The molecule has 0 bridgehead atoms. The molecule has 0 fully saturated rings. The van der Waals surface area contributed by atoms with E-state index in [9.17, 15) is 0 Å². The van der Waals surface area contributed by atoms with Crippen LogP contribution in [0.25, 0.3) is 10.9 Å². The summed E-state index contributed by atoms with van der Waals surface area (Å²) in [6.45, 7) is 6.43. The van der Waals surface area contributed by atoms with Gasteiger partial charge in [-0.3, -0.25) is 4.98 Å². The molecule has 1 aromatic carbocycles. The smallest absolute Gasteiger partial charge is 0.0711 e. The highest BCUT2D eigenvalue weighted by Crippen LogP contribution is 2.30. The van der Waals surface area contributed by atoms with Crippen molar-refractivity contribution in [1.29, 1.82) is 0 Å². The Balaban J connectivity index is 2.32. The van der Waals surface area contributed by atoms with E-state index in [1.165, 1.54) is 33.3 Å². The van der Waals surface area contributed by atoms with Crippen molar-refractivity contribution in [3.8, 4) is 0 Å². The summed E-state index contributed by atoms with van der Waals surface area (Å²) in [5.74, 6) is 0.789. The van der Waals surface area contributed by atoms with Gasteiger partial charge in [-0.15, -0.1) is 0 Å². The predicted molar refractivity (Wildman–Crippen MR) is 83.9 cm³/mol. The monoisotopic (exact) mass is 272 g/mol. The summed E-state index contributed by atoms with van der Waals surface area (Å²) in [6, 6.07) is 4.49. The molecule has 0 radical (unpaired) electrons. The number of nitrogens with zero attached hydrogens (tertiary/aromatic N) is 2. The lowest BCUT2D eigenvalue weighted by Crippen LogP contribution is -2.28. The minimum atomic E-state index is 0.789. The molecule has 0 N–H and O–H groups in total. The number of hydrogen-bond donors (Lipinski definition) is 1. The van der Waals surface area contributed by atoms with E-state index in [1.807, 2.05) is 0 Å². The van der Waals surface area contributed by atoms with E-state index in [0.717, 1.165) is 30.8 Å². The molecule has 0 saturated heterocycles. The van der Waals surface area contributed by atoms with Crippen molar-refractivity contribution < 1.29 is 0 Å². The molecule has 3 heteroatoms. The van der Waals surface area contributed by atoms with Crippen molar-refractivity contribution in [1.82, 2.24) is 9.88 Å². The van der Waals surface area contributed by atoms with Crippen LogP contribution in [0, 0.1) is 13.8 Å². The van der Waals surface area contributed by atoms with Crippen molar-refractivity contribution in [2.45, 2.75) is 32.6 Å². The molecule has 0 unspecified atom stereocenters. The van der Waals surface area contributed by atoms with Crippen LogP contribution in [-0.4, -0.2) is 23.5 Å². The van der Waals surface area contributed by atoms with Gasteiger partial charge in [0.15, 0.2) is 0 Å². The molecule has 2 nitrogen and oxygen atoms in total. The van der Waals surface area contributed by atoms with Gasteiger partial charge >= 0.3 is 0 Å². The molecule has 3 rings (SSSR count). The number of benzene rings is 1. The summed E-state index contributed by atoms with van der Waals surface area (Å²) in [5, 5.41) is 1.28. The first-order chi connectivity index (χ1) is 9.10. The van der Waals surface area contributed by atoms with E-state index < -0.39 is 0 Å². The second kappa shape index (κ2) is 4.80. The van der Waals surface area contributed by atoms with E-state index in [2.05, 4.69) is 50.6 Å². The van der Waals surface area contributed by atoms with Crippen LogP contribution in [0.3, 0.4) is 0 Å². The highest BCUT2D eigenvalue weighted by atomic mass is 32.1. The Morgan fingerprint density at radius 3 is 2.74 bits per heavy atom. The molecule has 1 aliphatic heterocycles. The zero-order valence-electron chi connectivity index (χ0n) is 11.8. The Labute approximate surface area is 120 Å². The Morgan fingerprint density at radius 1 is 1.26 bits per heavy atom. The molecule has 19 heavy (non-hydrogen) atoms. The zero-order valence-corrected chi connectivity index (χ0v) is 12.7. The number of aromatic nitrogens is 1. The van der Waals surface area contributed by atoms with E-state index in [0.29, 0.717) is 0 Å². The third-order valence-corrected chi connectivity index (χ3v) is 4.54. The molecule has 2 heterocycles. The van der Waals surface area contributed by atoms with Gasteiger partial charge in [0.1, 0.15) is 0 Å². The Morgan fingerprint density at radius 2 is 2.00 bits per heavy atom. The van der Waals surface area contributed by atoms with Gasteiger partial charge in [0.05, 0.1) is 5.52 Å². The quantitative estimate of drug-likeness (QED) is 0.802. The van der Waals surface area contributed by atoms with Crippen molar-refractivity contribution >= 4 is 23.5 Å². The number of pyridine rings is 1. The van der Waals surface area contributed by atoms with Crippen LogP contribution < -0.4 is 0 Å². The van der Waals surface area contributed by atoms with Gasteiger partial charge in [-0.05, 0) is 55.3 Å².